The lowest BCUT2D eigenvalue weighted by molar-refractivity contribution is 0.00578. The Morgan fingerprint density at radius 2 is 1.58 bits per heavy atom. The average Bonchev–Trinajstić information content (AvgIpc) is 2.87. The first kappa shape index (κ1) is 23.4. The summed E-state index contributed by atoms with van der Waals surface area (Å²) in [4.78, 5) is 14.8. The Labute approximate surface area is 186 Å². The van der Waals surface area contributed by atoms with Crippen LogP contribution in [0.3, 0.4) is 0 Å². The molecule has 1 aliphatic heterocycles. The van der Waals surface area contributed by atoms with Gasteiger partial charge >= 0.3 is 13.2 Å². The number of aryl methyl sites for hydroxylation is 1. The number of anilines is 1. The van der Waals surface area contributed by atoms with Crippen LogP contribution >= 0.6 is 0 Å². The van der Waals surface area contributed by atoms with E-state index in [4.69, 9.17) is 14.0 Å². The van der Waals surface area contributed by atoms with Gasteiger partial charge in [0.15, 0.2) is 0 Å². The van der Waals surface area contributed by atoms with Crippen molar-refractivity contribution in [2.24, 2.45) is 0 Å². The summed E-state index contributed by atoms with van der Waals surface area (Å²) < 4.78 is 18.1. The predicted octanol–water partition coefficient (Wildman–Crippen LogP) is 5.24. The quantitative estimate of drug-likeness (QED) is 0.632. The number of hydrogen-bond donors (Lipinski definition) is 0. The van der Waals surface area contributed by atoms with E-state index < -0.39 is 23.9 Å². The number of ether oxygens (including phenoxy) is 1. The molecule has 1 fully saturated rings. The van der Waals surface area contributed by atoms with Gasteiger partial charge in [-0.25, -0.2) is 4.79 Å². The monoisotopic (exact) mass is 423 g/mol. The van der Waals surface area contributed by atoms with Crippen LogP contribution in [0.15, 0.2) is 48.5 Å². The number of hydrogen-bond acceptors (Lipinski definition) is 4. The fourth-order valence-corrected chi connectivity index (χ4v) is 3.44. The molecule has 0 unspecified atom stereocenters. The van der Waals surface area contributed by atoms with Gasteiger partial charge in [0.2, 0.25) is 0 Å². The minimum Gasteiger partial charge on any atom is -0.443 e. The highest BCUT2D eigenvalue weighted by Crippen LogP contribution is 2.36. The molecule has 5 nitrogen and oxygen atoms in total. The summed E-state index contributed by atoms with van der Waals surface area (Å²) in [7, 11) is -0.443. The van der Waals surface area contributed by atoms with Gasteiger partial charge in [0.25, 0.3) is 0 Å². The molecule has 0 radical (unpaired) electrons. The molecule has 1 saturated heterocycles. The van der Waals surface area contributed by atoms with Crippen molar-refractivity contribution in [3.05, 3.63) is 59.7 Å². The maximum Gasteiger partial charge on any atom is 0.494 e. The second kappa shape index (κ2) is 8.32. The Bertz CT molecular complexity index is 918. The van der Waals surface area contributed by atoms with Gasteiger partial charge in [0.05, 0.1) is 23.4 Å². The SMILES string of the molecule is Cc1cc(B2OC(C)(C)C(C)(C)O2)ccc1N(Cc1ccccc1)C(=O)OC(C)(C)C. The van der Waals surface area contributed by atoms with E-state index in [1.807, 2.05) is 104 Å². The molecule has 0 aliphatic carbocycles. The van der Waals surface area contributed by atoms with Crippen LogP contribution in [0.25, 0.3) is 0 Å². The Morgan fingerprint density at radius 1 is 1.00 bits per heavy atom. The van der Waals surface area contributed by atoms with Crippen LogP contribution in [0.1, 0.15) is 59.6 Å². The van der Waals surface area contributed by atoms with E-state index in [0.29, 0.717) is 6.54 Å². The van der Waals surface area contributed by atoms with Crippen LogP contribution in [-0.2, 0) is 20.6 Å². The van der Waals surface area contributed by atoms with Gasteiger partial charge in [-0.15, -0.1) is 0 Å². The third kappa shape index (κ3) is 5.31. The largest absolute Gasteiger partial charge is 0.494 e. The highest BCUT2D eigenvalue weighted by molar-refractivity contribution is 6.62. The van der Waals surface area contributed by atoms with Gasteiger partial charge in [-0.05, 0) is 78.0 Å². The lowest BCUT2D eigenvalue weighted by Gasteiger charge is -2.32. The maximum absolute atomic E-state index is 13.1. The molecule has 1 heterocycles. The van der Waals surface area contributed by atoms with Crippen molar-refractivity contribution in [3.63, 3.8) is 0 Å². The van der Waals surface area contributed by atoms with Crippen molar-refractivity contribution in [3.8, 4) is 0 Å². The van der Waals surface area contributed by atoms with Crippen LogP contribution in [-0.4, -0.2) is 30.0 Å². The minimum absolute atomic E-state index is 0.372. The second-order valence-corrected chi connectivity index (χ2v) is 10.2. The van der Waals surface area contributed by atoms with Gasteiger partial charge in [0, 0.05) is 0 Å². The second-order valence-electron chi connectivity index (χ2n) is 10.2. The lowest BCUT2D eigenvalue weighted by atomic mass is 9.78. The summed E-state index contributed by atoms with van der Waals surface area (Å²) in [6, 6.07) is 15.9. The van der Waals surface area contributed by atoms with E-state index in [9.17, 15) is 4.79 Å². The average molecular weight is 423 g/mol. The summed E-state index contributed by atoms with van der Waals surface area (Å²) in [6.07, 6.45) is -0.372. The Kier molecular flexibility index (Phi) is 6.27. The molecule has 31 heavy (non-hydrogen) atoms. The third-order valence-electron chi connectivity index (χ3n) is 5.83. The van der Waals surface area contributed by atoms with Gasteiger partial charge < -0.3 is 14.0 Å². The van der Waals surface area contributed by atoms with Crippen LogP contribution in [0, 0.1) is 6.92 Å². The summed E-state index contributed by atoms with van der Waals surface area (Å²) in [5.41, 5.74) is 2.34. The van der Waals surface area contributed by atoms with Crippen molar-refractivity contribution in [1.29, 1.82) is 0 Å². The summed E-state index contributed by atoms with van der Waals surface area (Å²) in [5, 5.41) is 0. The molecule has 3 rings (SSSR count). The van der Waals surface area contributed by atoms with Crippen LogP contribution in [0.5, 0.6) is 0 Å². The zero-order valence-electron chi connectivity index (χ0n) is 20.0. The van der Waals surface area contributed by atoms with E-state index in [0.717, 1.165) is 22.3 Å². The van der Waals surface area contributed by atoms with Crippen molar-refractivity contribution in [1.82, 2.24) is 0 Å². The standard InChI is InChI=1S/C25H34BNO4/c1-18-16-20(26-30-24(5,6)25(7,8)31-26)14-15-21(18)27(22(28)29-23(2,3)4)17-19-12-10-9-11-13-19/h9-16H,17H2,1-8H3. The topological polar surface area (TPSA) is 48.0 Å². The fourth-order valence-electron chi connectivity index (χ4n) is 3.44. The van der Waals surface area contributed by atoms with Gasteiger partial charge in [-0.2, -0.15) is 0 Å². The first-order valence-corrected chi connectivity index (χ1v) is 10.8. The molecule has 1 aliphatic rings. The molecule has 0 saturated carbocycles. The fraction of sp³-hybridized carbons (Fsp3) is 0.480. The molecule has 0 bridgehead atoms. The van der Waals surface area contributed by atoms with Gasteiger partial charge in [0.1, 0.15) is 5.60 Å². The summed E-state index contributed by atoms with van der Waals surface area (Å²) >= 11 is 0. The first-order chi connectivity index (χ1) is 14.3. The Hall–Kier alpha value is -2.31. The molecular formula is C25H34BNO4. The first-order valence-electron chi connectivity index (χ1n) is 10.8. The maximum atomic E-state index is 13.1. The van der Waals surface area contributed by atoms with Gasteiger partial charge in [-0.3, -0.25) is 4.90 Å². The van der Waals surface area contributed by atoms with E-state index in [-0.39, 0.29) is 6.09 Å². The molecule has 6 heteroatoms. The summed E-state index contributed by atoms with van der Waals surface area (Å²) in [5.74, 6) is 0. The molecule has 0 aromatic heterocycles. The molecular weight excluding hydrogens is 389 g/mol. The number of amides is 1. The van der Waals surface area contributed by atoms with E-state index in [1.54, 1.807) is 4.90 Å². The third-order valence-corrected chi connectivity index (χ3v) is 5.83. The van der Waals surface area contributed by atoms with E-state index >= 15 is 0 Å². The normalized spacial score (nSPS) is 17.5. The highest BCUT2D eigenvalue weighted by Gasteiger charge is 2.51. The number of carbonyl (C=O) groups is 1. The lowest BCUT2D eigenvalue weighted by Crippen LogP contribution is -2.41. The number of nitrogens with zero attached hydrogens (tertiary/aromatic N) is 1. The van der Waals surface area contributed by atoms with Crippen molar-refractivity contribution < 1.29 is 18.8 Å². The van der Waals surface area contributed by atoms with Crippen LogP contribution < -0.4 is 10.4 Å². The number of rotatable bonds is 4. The van der Waals surface area contributed by atoms with E-state index in [1.165, 1.54) is 0 Å². The van der Waals surface area contributed by atoms with Crippen LogP contribution in [0.4, 0.5) is 10.5 Å². The number of benzene rings is 2. The summed E-state index contributed by atoms with van der Waals surface area (Å²) in [6.45, 7) is 16.2. The smallest absolute Gasteiger partial charge is 0.443 e. The molecule has 0 N–H and O–H groups in total. The molecule has 0 spiro atoms. The van der Waals surface area contributed by atoms with E-state index in [2.05, 4.69) is 0 Å². The number of carbonyl (C=O) groups excluding carboxylic acids is 1. The van der Waals surface area contributed by atoms with Crippen molar-refractivity contribution >= 4 is 24.4 Å². The molecule has 2 aromatic rings. The Balaban J connectivity index is 1.91. The predicted molar refractivity (Wildman–Crippen MR) is 126 cm³/mol. The van der Waals surface area contributed by atoms with Crippen molar-refractivity contribution in [2.45, 2.75) is 78.7 Å². The Morgan fingerprint density at radius 3 is 2.10 bits per heavy atom. The molecule has 0 atom stereocenters. The highest BCUT2D eigenvalue weighted by atomic mass is 16.7. The minimum atomic E-state index is -0.581. The zero-order chi connectivity index (χ0) is 23.0. The van der Waals surface area contributed by atoms with Crippen molar-refractivity contribution in [2.75, 3.05) is 4.90 Å². The van der Waals surface area contributed by atoms with Crippen LogP contribution in [0.2, 0.25) is 0 Å². The molecule has 166 valence electrons. The molecule has 2 aromatic carbocycles. The van der Waals surface area contributed by atoms with Gasteiger partial charge in [-0.1, -0.05) is 42.5 Å². The molecule has 1 amide bonds. The zero-order valence-corrected chi connectivity index (χ0v) is 20.0.